The molecular formula is C60H64Ag4N4S8. The van der Waals surface area contributed by atoms with E-state index in [0.29, 0.717) is 16.8 Å². The minimum atomic E-state index is 0. The molecule has 16 heteroatoms. The maximum Gasteiger partial charge on any atom is 1.00 e. The van der Waals surface area contributed by atoms with E-state index in [1.807, 2.05) is 128 Å². The van der Waals surface area contributed by atoms with Gasteiger partial charge in [0.05, 0.1) is 0 Å². The van der Waals surface area contributed by atoms with E-state index in [4.69, 9.17) is 99.4 Å². The van der Waals surface area contributed by atoms with E-state index in [1.165, 1.54) is 66.8 Å². The largest absolute Gasteiger partial charge is 1.00 e. The first-order valence-electron chi connectivity index (χ1n) is 22.7. The molecule has 0 N–H and O–H groups in total. The van der Waals surface area contributed by atoms with Crippen molar-refractivity contribution in [3.05, 3.63) is 260 Å². The summed E-state index contributed by atoms with van der Waals surface area (Å²) in [5, 5.41) is 0. The Morgan fingerprint density at radius 1 is 0.250 bits per heavy atom. The molecule has 0 spiro atoms. The Morgan fingerprint density at radius 2 is 0.368 bits per heavy atom. The molecule has 4 nitrogen and oxygen atoms in total. The van der Waals surface area contributed by atoms with Crippen molar-refractivity contribution in [3.63, 3.8) is 0 Å². The fraction of sp³-hybridized carbons (Fsp3) is 0.200. The van der Waals surface area contributed by atoms with Crippen LogP contribution in [0.3, 0.4) is 0 Å². The van der Waals surface area contributed by atoms with Crippen LogP contribution in [0.25, 0.3) is 0 Å². The number of rotatable bonds is 4. The number of aryl methyl sites for hydroxylation is 12. The van der Waals surface area contributed by atoms with Gasteiger partial charge >= 0.3 is 89.5 Å². The summed E-state index contributed by atoms with van der Waals surface area (Å²) in [6.45, 7) is 24.7. The van der Waals surface area contributed by atoms with Crippen LogP contribution in [0.5, 0.6) is 0 Å². The van der Waals surface area contributed by atoms with Crippen LogP contribution in [0.2, 0.25) is 0 Å². The second kappa shape index (κ2) is 46.4. The summed E-state index contributed by atoms with van der Waals surface area (Å²) in [6, 6.07) is 39.8. The molecule has 0 saturated carbocycles. The molecule has 0 aliphatic rings. The minimum absolute atomic E-state index is 0. The second-order valence-corrected chi connectivity index (χ2v) is 20.6. The first kappa shape index (κ1) is 80.2. The Kier molecular flexibility index (Phi) is 49.0. The van der Waals surface area contributed by atoms with Gasteiger partial charge < -0.3 is 99.4 Å². The normalized spacial score (nSPS) is 8.79. The third kappa shape index (κ3) is 34.6. The minimum Gasteiger partial charge on any atom is -0.428 e. The van der Waals surface area contributed by atoms with Crippen LogP contribution in [0.4, 0.5) is 0 Å². The van der Waals surface area contributed by atoms with Gasteiger partial charge in [0.1, 0.15) is 0 Å². The second-order valence-electron chi connectivity index (χ2n) is 16.3. The Balaban J connectivity index is -0.000000393. The van der Waals surface area contributed by atoms with Crippen LogP contribution in [-0.2, 0) is 140 Å². The predicted octanol–water partition coefficient (Wildman–Crippen LogP) is 15.7. The fourth-order valence-corrected chi connectivity index (χ4v) is 9.83. The van der Waals surface area contributed by atoms with Gasteiger partial charge in [-0.25, -0.2) is 0 Å². The summed E-state index contributed by atoms with van der Waals surface area (Å²) in [7, 11) is 0. The van der Waals surface area contributed by atoms with E-state index in [1.54, 1.807) is 49.6 Å². The van der Waals surface area contributed by atoms with Crippen molar-refractivity contribution in [1.29, 1.82) is 0 Å². The van der Waals surface area contributed by atoms with E-state index >= 15 is 0 Å². The number of hydrogen-bond acceptors (Lipinski definition) is 12. The first-order valence-corrected chi connectivity index (χ1v) is 25.9. The van der Waals surface area contributed by atoms with Crippen molar-refractivity contribution in [3.8, 4) is 0 Å². The molecule has 0 aliphatic heterocycles. The number of thiocarbonyl (C=S) groups is 4. The molecule has 0 radical (unpaired) electrons. The molecule has 4 aromatic heterocycles. The van der Waals surface area contributed by atoms with Gasteiger partial charge in [0.25, 0.3) is 0 Å². The Hall–Kier alpha value is -2.32. The summed E-state index contributed by atoms with van der Waals surface area (Å²) in [5.74, 6) is 0. The number of aromatic nitrogens is 4. The molecule has 0 bridgehead atoms. The molecule has 0 unspecified atom stereocenters. The molecular weight excluding hydrogens is 1460 g/mol. The van der Waals surface area contributed by atoms with E-state index < -0.39 is 0 Å². The molecule has 0 atom stereocenters. The number of nitrogens with zero attached hydrogens (tertiary/aromatic N) is 4. The van der Waals surface area contributed by atoms with Crippen molar-refractivity contribution < 1.29 is 89.5 Å². The van der Waals surface area contributed by atoms with Crippen LogP contribution in [0.1, 0.15) is 89.0 Å². The van der Waals surface area contributed by atoms with Crippen LogP contribution >= 0.6 is 48.9 Å². The Bertz CT molecular complexity index is 2300. The van der Waals surface area contributed by atoms with Gasteiger partial charge in [-0.3, -0.25) is 19.9 Å². The third-order valence-electron chi connectivity index (χ3n) is 9.79. The third-order valence-corrected chi connectivity index (χ3v) is 11.4. The summed E-state index contributed by atoms with van der Waals surface area (Å²) in [6.07, 6.45) is 14.0. The Labute approximate surface area is 561 Å². The predicted molar refractivity (Wildman–Crippen MR) is 336 cm³/mol. The molecule has 0 fully saturated rings. The number of pyridine rings is 4. The van der Waals surface area contributed by atoms with E-state index in [0.717, 1.165) is 22.3 Å². The van der Waals surface area contributed by atoms with Gasteiger partial charge in [-0.15, -0.1) is 16.8 Å². The van der Waals surface area contributed by atoms with Crippen molar-refractivity contribution in [1.82, 2.24) is 19.9 Å². The molecule has 4 aromatic carbocycles. The standard InChI is InChI=1S/4C10H12S2.4C5H5N.4Ag/c4*1-6-4-7(2)9(10(11)12)8(3)5-6;4*1-2-4-6-5-3-1;;;;/h4*4-5H,1-3H3,(H,11,12);4*1-5H;;;;/q;;;;;;;;4*+1/p-4. The maximum absolute atomic E-state index is 5.00. The number of benzene rings is 4. The average Bonchev–Trinajstić information content (AvgIpc) is 3.31. The smallest absolute Gasteiger partial charge is 0.428 e. The molecule has 8 rings (SSSR count). The summed E-state index contributed by atoms with van der Waals surface area (Å²) in [4.78, 5) is 15.1. The van der Waals surface area contributed by atoms with Crippen molar-refractivity contribution in [2.24, 2.45) is 0 Å². The van der Waals surface area contributed by atoms with Gasteiger partial charge in [-0.05, 0) is 198 Å². The summed E-state index contributed by atoms with van der Waals surface area (Å²) < 4.78 is 2.30. The molecule has 0 saturated heterocycles. The fourth-order valence-electron chi connectivity index (χ4n) is 7.26. The van der Waals surface area contributed by atoms with Crippen molar-refractivity contribution in [2.75, 3.05) is 0 Å². The van der Waals surface area contributed by atoms with E-state index in [2.05, 4.69) is 96.2 Å². The zero-order valence-corrected chi connectivity index (χ0v) is 56.9. The van der Waals surface area contributed by atoms with Crippen molar-refractivity contribution >= 4 is 116 Å². The van der Waals surface area contributed by atoms with Gasteiger partial charge in [0.15, 0.2) is 0 Å². The van der Waals surface area contributed by atoms with Crippen LogP contribution in [0.15, 0.2) is 171 Å². The topological polar surface area (TPSA) is 51.6 Å². The van der Waals surface area contributed by atoms with Gasteiger partial charge in [-0.2, -0.15) is 0 Å². The van der Waals surface area contributed by atoms with Crippen molar-refractivity contribution in [2.45, 2.75) is 83.1 Å². The maximum atomic E-state index is 5.00. The molecule has 8 aromatic rings. The van der Waals surface area contributed by atoms with E-state index in [9.17, 15) is 0 Å². The molecule has 76 heavy (non-hydrogen) atoms. The quantitative estimate of drug-likeness (QED) is 0.0958. The Morgan fingerprint density at radius 3 is 0.434 bits per heavy atom. The van der Waals surface area contributed by atoms with Gasteiger partial charge in [0.2, 0.25) is 0 Å². The molecule has 0 aliphatic carbocycles. The average molecular weight is 1530 g/mol. The zero-order valence-electron chi connectivity index (χ0n) is 44.4. The monoisotopic (exact) mass is 1520 g/mol. The van der Waals surface area contributed by atoms with Crippen LogP contribution in [-0.4, -0.2) is 36.7 Å². The molecule has 416 valence electrons. The first-order chi connectivity index (χ1) is 34.1. The number of hydrogen-bond donors (Lipinski definition) is 0. The van der Waals surface area contributed by atoms with Crippen LogP contribution in [0, 0.1) is 83.1 Å². The van der Waals surface area contributed by atoms with Crippen LogP contribution < -0.4 is 0 Å². The molecule has 4 heterocycles. The van der Waals surface area contributed by atoms with Gasteiger partial charge in [-0.1, -0.05) is 95.1 Å². The van der Waals surface area contributed by atoms with Gasteiger partial charge in [0, 0.05) is 49.6 Å². The van der Waals surface area contributed by atoms with E-state index in [-0.39, 0.29) is 89.5 Å². The SMILES string of the molecule is Cc1cc(C)c(C(=S)[S-])c(C)c1.Cc1cc(C)c(C(=S)[S-])c(C)c1.Cc1cc(C)c(C(=S)[S-])c(C)c1.Cc1cc(C)c(C(=S)[S-])c(C)c1.[Ag+].[Ag+].[Ag+].[Ag+].c1ccncc1.c1ccncc1.c1ccncc1.c1ccncc1. The summed E-state index contributed by atoms with van der Waals surface area (Å²) >= 11 is 40.0. The summed E-state index contributed by atoms with van der Waals surface area (Å²) in [5.41, 5.74) is 18.8. The zero-order chi connectivity index (χ0) is 54.2. The molecule has 0 amide bonds.